The zero-order valence-corrected chi connectivity index (χ0v) is 20.2. The second-order valence-corrected chi connectivity index (χ2v) is 11.8. The van der Waals surface area contributed by atoms with Crippen molar-refractivity contribution in [1.82, 2.24) is 0 Å². The third-order valence-electron chi connectivity index (χ3n) is 6.47. The SMILES string of the molecule is CC(C)C1=CC(C(C)C)(N(c2ccccc2)[SiH](c2ccccc2)c2ccccc2)C=C1. The van der Waals surface area contributed by atoms with Crippen LogP contribution in [0.1, 0.15) is 27.7 Å². The van der Waals surface area contributed by atoms with Crippen LogP contribution in [-0.2, 0) is 0 Å². The van der Waals surface area contributed by atoms with Crippen molar-refractivity contribution < 1.29 is 0 Å². The zero-order valence-electron chi connectivity index (χ0n) is 19.1. The van der Waals surface area contributed by atoms with Crippen molar-refractivity contribution in [2.24, 2.45) is 11.8 Å². The molecule has 1 nitrogen and oxygen atoms in total. The Bertz CT molecular complexity index is 998. The fourth-order valence-electron chi connectivity index (χ4n) is 4.69. The minimum absolute atomic E-state index is 0.149. The summed E-state index contributed by atoms with van der Waals surface area (Å²) in [6.07, 6.45) is 7.37. The van der Waals surface area contributed by atoms with Crippen LogP contribution in [0.4, 0.5) is 5.69 Å². The van der Waals surface area contributed by atoms with Gasteiger partial charge in [0.25, 0.3) is 0 Å². The first-order valence-corrected chi connectivity index (χ1v) is 13.1. The molecule has 3 aromatic rings. The monoisotopic (exact) mass is 423 g/mol. The van der Waals surface area contributed by atoms with Gasteiger partial charge in [-0.15, -0.1) is 0 Å². The molecule has 31 heavy (non-hydrogen) atoms. The van der Waals surface area contributed by atoms with E-state index in [9.17, 15) is 0 Å². The van der Waals surface area contributed by atoms with E-state index < -0.39 is 8.96 Å². The number of allylic oxidation sites excluding steroid dienone is 2. The molecule has 0 N–H and O–H groups in total. The predicted molar refractivity (Wildman–Crippen MR) is 138 cm³/mol. The quantitative estimate of drug-likeness (QED) is 0.449. The van der Waals surface area contributed by atoms with E-state index in [4.69, 9.17) is 0 Å². The van der Waals surface area contributed by atoms with Crippen LogP contribution in [-0.4, -0.2) is 14.5 Å². The van der Waals surface area contributed by atoms with Gasteiger partial charge in [-0.05, 0) is 39.9 Å². The topological polar surface area (TPSA) is 3.24 Å². The van der Waals surface area contributed by atoms with Gasteiger partial charge in [-0.25, -0.2) is 0 Å². The molecule has 1 unspecified atom stereocenters. The predicted octanol–water partition coefficient (Wildman–Crippen LogP) is 5.58. The van der Waals surface area contributed by atoms with Gasteiger partial charge in [0, 0.05) is 5.69 Å². The van der Waals surface area contributed by atoms with Gasteiger partial charge in [0.2, 0.25) is 8.96 Å². The highest BCUT2D eigenvalue weighted by atomic mass is 28.3. The molecule has 0 spiro atoms. The maximum atomic E-state index is 2.77. The van der Waals surface area contributed by atoms with Crippen LogP contribution in [0.5, 0.6) is 0 Å². The summed E-state index contributed by atoms with van der Waals surface area (Å²) in [4.78, 5) is 0. The molecule has 1 aliphatic carbocycles. The molecule has 1 atom stereocenters. The van der Waals surface area contributed by atoms with E-state index in [2.05, 4.69) is 141 Å². The summed E-state index contributed by atoms with van der Waals surface area (Å²) < 4.78 is 2.77. The Hall–Kier alpha value is -2.84. The number of anilines is 1. The van der Waals surface area contributed by atoms with Crippen molar-refractivity contribution in [1.29, 1.82) is 0 Å². The standard InChI is InChI=1S/C29H33NSi/c1-23(2)25-20-21-29(22-25,24(3)4)30(26-14-8-5-9-15-26)31(27-16-10-6-11-17-27)28-18-12-7-13-19-28/h5-24,31H,1-4H3. The second kappa shape index (κ2) is 9.11. The van der Waals surface area contributed by atoms with Crippen molar-refractivity contribution in [2.45, 2.75) is 33.2 Å². The lowest BCUT2D eigenvalue weighted by atomic mass is 9.86. The van der Waals surface area contributed by atoms with Crippen LogP contribution in [0.15, 0.2) is 115 Å². The van der Waals surface area contributed by atoms with E-state index in [0.717, 1.165) is 0 Å². The van der Waals surface area contributed by atoms with Crippen LogP contribution in [0.2, 0.25) is 0 Å². The Morgan fingerprint density at radius 3 is 1.58 bits per heavy atom. The molecule has 0 saturated heterocycles. The molecular weight excluding hydrogens is 390 g/mol. The van der Waals surface area contributed by atoms with Gasteiger partial charge in [0.1, 0.15) is 0 Å². The number of hydrogen-bond acceptors (Lipinski definition) is 1. The molecular formula is C29H33NSi. The first kappa shape index (κ1) is 21.4. The van der Waals surface area contributed by atoms with Gasteiger partial charge < -0.3 is 4.57 Å². The number of nitrogens with zero attached hydrogens (tertiary/aromatic N) is 1. The highest BCUT2D eigenvalue weighted by Gasteiger charge is 2.43. The molecule has 2 heteroatoms. The van der Waals surface area contributed by atoms with Crippen molar-refractivity contribution >= 4 is 25.0 Å². The lowest BCUT2D eigenvalue weighted by molar-refractivity contribution is 0.470. The normalized spacial score (nSPS) is 18.1. The van der Waals surface area contributed by atoms with E-state index >= 15 is 0 Å². The maximum Gasteiger partial charge on any atom is 0.205 e. The number of rotatable bonds is 7. The van der Waals surface area contributed by atoms with Crippen molar-refractivity contribution in [3.63, 3.8) is 0 Å². The molecule has 0 aliphatic heterocycles. The highest BCUT2D eigenvalue weighted by molar-refractivity contribution is 6.88. The van der Waals surface area contributed by atoms with Crippen LogP contribution in [0.25, 0.3) is 0 Å². The zero-order chi connectivity index (χ0) is 21.8. The van der Waals surface area contributed by atoms with E-state index in [1.165, 1.54) is 21.6 Å². The van der Waals surface area contributed by atoms with Crippen molar-refractivity contribution in [3.05, 3.63) is 115 Å². The molecule has 0 radical (unpaired) electrons. The average Bonchev–Trinajstić information content (AvgIpc) is 3.26. The van der Waals surface area contributed by atoms with Gasteiger partial charge >= 0.3 is 0 Å². The summed E-state index contributed by atoms with van der Waals surface area (Å²) in [5.74, 6) is 0.950. The Balaban J connectivity index is 1.99. The molecule has 0 aromatic heterocycles. The minimum atomic E-state index is -1.79. The van der Waals surface area contributed by atoms with Gasteiger partial charge in [0.05, 0.1) is 5.54 Å². The lowest BCUT2D eigenvalue weighted by Gasteiger charge is -2.48. The van der Waals surface area contributed by atoms with Gasteiger partial charge in [-0.2, -0.15) is 0 Å². The van der Waals surface area contributed by atoms with E-state index in [1.807, 2.05) is 0 Å². The molecule has 158 valence electrons. The maximum absolute atomic E-state index is 2.77. The van der Waals surface area contributed by atoms with Crippen LogP contribution in [0, 0.1) is 11.8 Å². The number of para-hydroxylation sites is 1. The highest BCUT2D eigenvalue weighted by Crippen LogP contribution is 2.40. The molecule has 1 aliphatic rings. The largest absolute Gasteiger partial charge is 0.380 e. The van der Waals surface area contributed by atoms with Crippen molar-refractivity contribution in [2.75, 3.05) is 4.57 Å². The summed E-state index contributed by atoms with van der Waals surface area (Å²) in [6, 6.07) is 33.3. The Morgan fingerprint density at radius 1 is 0.677 bits per heavy atom. The first-order chi connectivity index (χ1) is 15.0. The van der Waals surface area contributed by atoms with E-state index in [1.54, 1.807) is 0 Å². The summed E-state index contributed by atoms with van der Waals surface area (Å²) in [5, 5.41) is 2.88. The fourth-order valence-corrected chi connectivity index (χ4v) is 8.22. The fraction of sp³-hybridized carbons (Fsp3) is 0.241. The third kappa shape index (κ3) is 4.18. The lowest BCUT2D eigenvalue weighted by Crippen LogP contribution is -2.66. The number of hydrogen-bond donors (Lipinski definition) is 0. The minimum Gasteiger partial charge on any atom is -0.380 e. The average molecular weight is 424 g/mol. The summed E-state index contributed by atoms with van der Waals surface area (Å²) in [5.41, 5.74) is 2.58. The summed E-state index contributed by atoms with van der Waals surface area (Å²) in [6.45, 7) is 9.31. The third-order valence-corrected chi connectivity index (χ3v) is 9.77. The molecule has 3 aromatic carbocycles. The van der Waals surface area contributed by atoms with Crippen LogP contribution >= 0.6 is 0 Å². The first-order valence-electron chi connectivity index (χ1n) is 11.4. The molecule has 0 heterocycles. The van der Waals surface area contributed by atoms with Gasteiger partial charge in [-0.3, -0.25) is 0 Å². The molecule has 0 amide bonds. The van der Waals surface area contributed by atoms with E-state index in [0.29, 0.717) is 11.8 Å². The van der Waals surface area contributed by atoms with Crippen LogP contribution < -0.4 is 14.9 Å². The van der Waals surface area contributed by atoms with Gasteiger partial charge in [0.15, 0.2) is 0 Å². The van der Waals surface area contributed by atoms with E-state index in [-0.39, 0.29) is 5.54 Å². The molecule has 0 fully saturated rings. The second-order valence-electron chi connectivity index (χ2n) is 9.10. The van der Waals surface area contributed by atoms with Gasteiger partial charge in [-0.1, -0.05) is 125 Å². The number of benzene rings is 3. The Kier molecular flexibility index (Phi) is 6.29. The summed E-state index contributed by atoms with van der Waals surface area (Å²) in [7, 11) is -1.79. The van der Waals surface area contributed by atoms with Crippen LogP contribution in [0.3, 0.4) is 0 Å². The smallest absolute Gasteiger partial charge is 0.205 e. The Morgan fingerprint density at radius 2 is 1.16 bits per heavy atom. The molecule has 0 saturated carbocycles. The summed E-state index contributed by atoms with van der Waals surface area (Å²) >= 11 is 0. The Labute approximate surface area is 189 Å². The molecule has 0 bridgehead atoms. The van der Waals surface area contributed by atoms with Crippen molar-refractivity contribution in [3.8, 4) is 0 Å². The molecule has 4 rings (SSSR count).